The molecule has 0 bridgehead atoms. The summed E-state index contributed by atoms with van der Waals surface area (Å²) in [6.07, 6.45) is 2.81. The number of carbonyl (C=O) groups excluding carboxylic acids is 2. The van der Waals surface area contributed by atoms with Crippen LogP contribution in [0, 0.1) is 0 Å². The molecule has 5 nitrogen and oxygen atoms in total. The van der Waals surface area contributed by atoms with Crippen LogP contribution < -0.4 is 4.74 Å². The molecule has 1 rings (SSSR count). The van der Waals surface area contributed by atoms with Crippen molar-refractivity contribution in [3.63, 3.8) is 0 Å². The van der Waals surface area contributed by atoms with E-state index >= 15 is 0 Å². The molecule has 0 saturated heterocycles. The Labute approximate surface area is 111 Å². The maximum atomic E-state index is 11.4. The standard InChI is InChI=1S/C14H16O5/c1-4-19-13(15)8-6-10-9-11(14(16)18-3)5-7-12(10)17-2/h5-9H,4H2,1-3H3. The van der Waals surface area contributed by atoms with Crippen molar-refractivity contribution in [3.05, 3.63) is 35.4 Å². The van der Waals surface area contributed by atoms with Crippen LogP contribution in [-0.2, 0) is 14.3 Å². The van der Waals surface area contributed by atoms with Gasteiger partial charge in [0.2, 0.25) is 0 Å². The van der Waals surface area contributed by atoms with Crippen LogP contribution in [0.15, 0.2) is 24.3 Å². The van der Waals surface area contributed by atoms with Gasteiger partial charge in [-0.15, -0.1) is 0 Å². The monoisotopic (exact) mass is 264 g/mol. The van der Waals surface area contributed by atoms with Crippen LogP contribution in [0.3, 0.4) is 0 Å². The Bertz CT molecular complexity index is 491. The van der Waals surface area contributed by atoms with E-state index in [2.05, 4.69) is 4.74 Å². The van der Waals surface area contributed by atoms with E-state index in [1.165, 1.54) is 26.4 Å². The highest BCUT2D eigenvalue weighted by molar-refractivity contribution is 5.92. The molecule has 0 unspecified atom stereocenters. The number of benzene rings is 1. The predicted molar refractivity (Wildman–Crippen MR) is 70.0 cm³/mol. The Morgan fingerprint density at radius 2 is 2.00 bits per heavy atom. The molecule has 0 aliphatic rings. The van der Waals surface area contributed by atoms with Gasteiger partial charge in [0.1, 0.15) is 5.75 Å². The van der Waals surface area contributed by atoms with Crippen LogP contribution >= 0.6 is 0 Å². The van der Waals surface area contributed by atoms with Gasteiger partial charge in [0.25, 0.3) is 0 Å². The summed E-state index contributed by atoms with van der Waals surface area (Å²) < 4.78 is 14.6. The Morgan fingerprint density at radius 1 is 1.26 bits per heavy atom. The summed E-state index contributed by atoms with van der Waals surface area (Å²) in [5, 5.41) is 0. The topological polar surface area (TPSA) is 61.8 Å². The van der Waals surface area contributed by atoms with Gasteiger partial charge < -0.3 is 14.2 Å². The average molecular weight is 264 g/mol. The lowest BCUT2D eigenvalue weighted by Gasteiger charge is -2.06. The van der Waals surface area contributed by atoms with Gasteiger partial charge in [0, 0.05) is 11.6 Å². The van der Waals surface area contributed by atoms with Crippen LogP contribution in [0.1, 0.15) is 22.8 Å². The quantitative estimate of drug-likeness (QED) is 0.601. The van der Waals surface area contributed by atoms with E-state index in [4.69, 9.17) is 9.47 Å². The Kier molecular flexibility index (Phi) is 5.60. The van der Waals surface area contributed by atoms with Crippen LogP contribution in [-0.4, -0.2) is 32.8 Å². The zero-order valence-electron chi connectivity index (χ0n) is 11.1. The number of ether oxygens (including phenoxy) is 3. The summed E-state index contributed by atoms with van der Waals surface area (Å²) in [6.45, 7) is 2.03. The third-order valence-corrected chi connectivity index (χ3v) is 2.34. The molecule has 0 spiro atoms. The van der Waals surface area contributed by atoms with Gasteiger partial charge in [-0.05, 0) is 31.2 Å². The number of hydrogen-bond acceptors (Lipinski definition) is 5. The van der Waals surface area contributed by atoms with Crippen molar-refractivity contribution >= 4 is 18.0 Å². The van der Waals surface area contributed by atoms with Crippen LogP contribution in [0.2, 0.25) is 0 Å². The molecule has 1 aromatic rings. The van der Waals surface area contributed by atoms with Crippen molar-refractivity contribution < 1.29 is 23.8 Å². The van der Waals surface area contributed by atoms with E-state index in [0.29, 0.717) is 23.5 Å². The second-order valence-corrected chi connectivity index (χ2v) is 3.53. The molecule has 0 heterocycles. The molecule has 0 fully saturated rings. The highest BCUT2D eigenvalue weighted by atomic mass is 16.5. The molecule has 0 aliphatic heterocycles. The Hall–Kier alpha value is -2.30. The highest BCUT2D eigenvalue weighted by Crippen LogP contribution is 2.21. The second kappa shape index (κ2) is 7.20. The fraction of sp³-hybridized carbons (Fsp3) is 0.286. The number of methoxy groups -OCH3 is 2. The van der Waals surface area contributed by atoms with Gasteiger partial charge in [-0.3, -0.25) is 0 Å². The molecule has 0 aromatic heterocycles. The van der Waals surface area contributed by atoms with E-state index in [1.807, 2.05) is 0 Å². The summed E-state index contributed by atoms with van der Waals surface area (Å²) >= 11 is 0. The largest absolute Gasteiger partial charge is 0.496 e. The number of esters is 2. The van der Waals surface area contributed by atoms with Crippen molar-refractivity contribution in [2.75, 3.05) is 20.8 Å². The Morgan fingerprint density at radius 3 is 2.58 bits per heavy atom. The molecule has 0 saturated carbocycles. The first kappa shape index (κ1) is 14.8. The summed E-state index contributed by atoms with van der Waals surface area (Å²) in [4.78, 5) is 22.7. The zero-order valence-corrected chi connectivity index (χ0v) is 11.1. The summed E-state index contributed by atoms with van der Waals surface area (Å²) in [5.74, 6) is -0.352. The fourth-order valence-corrected chi connectivity index (χ4v) is 1.46. The molecule has 5 heteroatoms. The van der Waals surface area contributed by atoms with E-state index < -0.39 is 11.9 Å². The first-order valence-electron chi connectivity index (χ1n) is 5.73. The van der Waals surface area contributed by atoms with E-state index in [0.717, 1.165) is 0 Å². The minimum Gasteiger partial charge on any atom is -0.496 e. The molecule has 0 amide bonds. The highest BCUT2D eigenvalue weighted by Gasteiger charge is 2.09. The first-order valence-corrected chi connectivity index (χ1v) is 5.73. The molecule has 0 radical (unpaired) electrons. The lowest BCUT2D eigenvalue weighted by atomic mass is 10.1. The van der Waals surface area contributed by atoms with Gasteiger partial charge in [-0.25, -0.2) is 9.59 Å². The van der Waals surface area contributed by atoms with Crippen molar-refractivity contribution in [1.29, 1.82) is 0 Å². The van der Waals surface area contributed by atoms with Crippen molar-refractivity contribution in [2.24, 2.45) is 0 Å². The summed E-state index contributed by atoms with van der Waals surface area (Å²) in [7, 11) is 2.82. The average Bonchev–Trinajstić information content (AvgIpc) is 2.44. The molecule has 19 heavy (non-hydrogen) atoms. The lowest BCUT2D eigenvalue weighted by molar-refractivity contribution is -0.137. The third kappa shape index (κ3) is 4.13. The minimum atomic E-state index is -0.451. The number of hydrogen-bond donors (Lipinski definition) is 0. The molecule has 1 aromatic carbocycles. The number of rotatable bonds is 5. The maximum absolute atomic E-state index is 11.4. The van der Waals surface area contributed by atoms with Crippen LogP contribution in [0.25, 0.3) is 6.08 Å². The Balaban J connectivity index is 3.02. The second-order valence-electron chi connectivity index (χ2n) is 3.53. The number of carbonyl (C=O) groups is 2. The molecule has 0 N–H and O–H groups in total. The minimum absolute atomic E-state index is 0.308. The van der Waals surface area contributed by atoms with E-state index in [9.17, 15) is 9.59 Å². The normalized spacial score (nSPS) is 10.3. The summed E-state index contributed by atoms with van der Waals surface area (Å²) in [6, 6.07) is 4.81. The van der Waals surface area contributed by atoms with Crippen LogP contribution in [0.4, 0.5) is 0 Å². The van der Waals surface area contributed by atoms with Crippen molar-refractivity contribution in [3.8, 4) is 5.75 Å². The summed E-state index contributed by atoms with van der Waals surface area (Å²) in [5.41, 5.74) is 0.977. The van der Waals surface area contributed by atoms with E-state index in [-0.39, 0.29) is 0 Å². The smallest absolute Gasteiger partial charge is 0.337 e. The van der Waals surface area contributed by atoms with Crippen molar-refractivity contribution in [2.45, 2.75) is 6.92 Å². The SMILES string of the molecule is CCOC(=O)C=Cc1cc(C(=O)OC)ccc1OC. The van der Waals surface area contributed by atoms with Gasteiger partial charge in [0.15, 0.2) is 0 Å². The molecular formula is C14H16O5. The first-order chi connectivity index (χ1) is 9.12. The lowest BCUT2D eigenvalue weighted by Crippen LogP contribution is -2.02. The van der Waals surface area contributed by atoms with E-state index in [1.54, 1.807) is 25.1 Å². The molecule has 102 valence electrons. The molecular weight excluding hydrogens is 248 g/mol. The van der Waals surface area contributed by atoms with Gasteiger partial charge in [-0.2, -0.15) is 0 Å². The van der Waals surface area contributed by atoms with Gasteiger partial charge in [0.05, 0.1) is 26.4 Å². The van der Waals surface area contributed by atoms with Gasteiger partial charge >= 0.3 is 11.9 Å². The van der Waals surface area contributed by atoms with Gasteiger partial charge in [-0.1, -0.05) is 0 Å². The molecule has 0 aliphatic carbocycles. The van der Waals surface area contributed by atoms with Crippen molar-refractivity contribution in [1.82, 2.24) is 0 Å². The zero-order chi connectivity index (χ0) is 14.3. The fourth-order valence-electron chi connectivity index (χ4n) is 1.46. The van der Waals surface area contributed by atoms with Crippen LogP contribution in [0.5, 0.6) is 5.75 Å². The third-order valence-electron chi connectivity index (χ3n) is 2.34. The maximum Gasteiger partial charge on any atom is 0.337 e. The molecule has 0 atom stereocenters. The predicted octanol–water partition coefficient (Wildman–Crippen LogP) is 2.06.